The molecule has 0 aliphatic heterocycles. The number of unbranched alkanes of at least 4 members (excludes halogenated alkanes) is 1. The number of methoxy groups -OCH3 is 1. The van der Waals surface area contributed by atoms with E-state index in [0.29, 0.717) is 6.04 Å². The summed E-state index contributed by atoms with van der Waals surface area (Å²) in [7, 11) is 1.66. The van der Waals surface area contributed by atoms with Gasteiger partial charge in [0.25, 0.3) is 0 Å². The Hall–Kier alpha value is -3.15. The van der Waals surface area contributed by atoms with E-state index in [1.54, 1.807) is 13.4 Å². The molecule has 0 saturated heterocycles. The number of hydrogen-bond donors (Lipinski definition) is 1. The van der Waals surface area contributed by atoms with E-state index in [9.17, 15) is 0 Å². The van der Waals surface area contributed by atoms with Crippen molar-refractivity contribution in [3.8, 4) is 5.75 Å². The van der Waals surface area contributed by atoms with E-state index in [-0.39, 0.29) is 0 Å². The van der Waals surface area contributed by atoms with E-state index in [4.69, 9.17) is 9.72 Å². The summed E-state index contributed by atoms with van der Waals surface area (Å²) in [4.78, 5) is 14.0. The van der Waals surface area contributed by atoms with Gasteiger partial charge in [-0.15, -0.1) is 0 Å². The fourth-order valence-corrected chi connectivity index (χ4v) is 3.69. The maximum absolute atomic E-state index is 5.23. The minimum Gasteiger partial charge on any atom is -0.497 e. The molecule has 0 aliphatic carbocycles. The number of benzene rings is 2. The topological polar surface area (TPSA) is 64.9 Å². The van der Waals surface area contributed by atoms with Crippen LogP contribution in [0.25, 0.3) is 21.9 Å². The average Bonchev–Trinajstić information content (AvgIpc) is 3.09. The molecule has 0 unspecified atom stereocenters. The van der Waals surface area contributed by atoms with Gasteiger partial charge in [-0.1, -0.05) is 13.3 Å². The molecule has 2 aromatic carbocycles. The number of aromatic nitrogens is 4. The lowest BCUT2D eigenvalue weighted by molar-refractivity contribution is 0.415. The van der Waals surface area contributed by atoms with E-state index in [0.717, 1.165) is 64.3 Å². The highest BCUT2D eigenvalue weighted by Gasteiger charge is 2.15. The zero-order valence-corrected chi connectivity index (χ0v) is 17.4. The summed E-state index contributed by atoms with van der Waals surface area (Å²) < 4.78 is 7.57. The largest absolute Gasteiger partial charge is 0.497 e. The van der Waals surface area contributed by atoms with Crippen LogP contribution >= 0.6 is 0 Å². The van der Waals surface area contributed by atoms with Gasteiger partial charge in [-0.2, -0.15) is 0 Å². The first kappa shape index (κ1) is 19.2. The predicted molar refractivity (Wildman–Crippen MR) is 118 cm³/mol. The van der Waals surface area contributed by atoms with Crippen molar-refractivity contribution in [1.29, 1.82) is 0 Å². The minimum absolute atomic E-state index is 0.350. The Morgan fingerprint density at radius 2 is 1.86 bits per heavy atom. The molecule has 0 saturated carbocycles. The molecule has 0 spiro atoms. The summed E-state index contributed by atoms with van der Waals surface area (Å²) in [5.41, 5.74) is 3.98. The molecule has 0 aliphatic rings. The molecular weight excluding hydrogens is 362 g/mol. The maximum Gasteiger partial charge on any atom is 0.141 e. The number of ether oxygens (including phenoxy) is 1. The quantitative estimate of drug-likeness (QED) is 0.442. The Bertz CT molecular complexity index is 1130. The molecule has 1 N–H and O–H groups in total. The van der Waals surface area contributed by atoms with Crippen LogP contribution in [0.3, 0.4) is 0 Å². The Balaban J connectivity index is 1.80. The van der Waals surface area contributed by atoms with Crippen molar-refractivity contribution in [2.45, 2.75) is 46.1 Å². The first-order valence-electron chi connectivity index (χ1n) is 10.2. The first-order chi connectivity index (χ1) is 14.1. The smallest absolute Gasteiger partial charge is 0.141 e. The van der Waals surface area contributed by atoms with Gasteiger partial charge in [0.1, 0.15) is 23.7 Å². The highest BCUT2D eigenvalue weighted by Crippen LogP contribution is 2.30. The standard InChI is InChI=1S/C23H27N5O/c1-5-6-7-22-27-20-12-18-19(13-21(20)28(22)15(2)3)24-14-25-23(18)26-16-8-10-17(29-4)11-9-16/h8-15H,5-7H2,1-4H3,(H,24,25,26). The number of nitrogens with zero attached hydrogens (tertiary/aromatic N) is 4. The number of aryl methyl sites for hydroxylation is 1. The number of imidazole rings is 1. The number of fused-ring (bicyclic) bond motifs is 2. The molecule has 0 atom stereocenters. The molecule has 6 nitrogen and oxygen atoms in total. The van der Waals surface area contributed by atoms with E-state index in [1.807, 2.05) is 24.3 Å². The van der Waals surface area contributed by atoms with Gasteiger partial charge in [0.05, 0.1) is 23.7 Å². The minimum atomic E-state index is 0.350. The third-order valence-corrected chi connectivity index (χ3v) is 5.14. The highest BCUT2D eigenvalue weighted by atomic mass is 16.5. The van der Waals surface area contributed by atoms with Crippen molar-refractivity contribution in [2.75, 3.05) is 12.4 Å². The fraction of sp³-hybridized carbons (Fsp3) is 0.348. The van der Waals surface area contributed by atoms with E-state index < -0.39 is 0 Å². The molecule has 6 heteroatoms. The van der Waals surface area contributed by atoms with Crippen LogP contribution in [-0.2, 0) is 6.42 Å². The van der Waals surface area contributed by atoms with E-state index in [1.165, 1.54) is 0 Å². The lowest BCUT2D eigenvalue weighted by Crippen LogP contribution is -2.06. The molecule has 4 aromatic rings. The van der Waals surface area contributed by atoms with Gasteiger partial charge in [0.2, 0.25) is 0 Å². The van der Waals surface area contributed by atoms with Crippen LogP contribution in [0.2, 0.25) is 0 Å². The van der Waals surface area contributed by atoms with Gasteiger partial charge in [0, 0.05) is 23.5 Å². The van der Waals surface area contributed by atoms with Gasteiger partial charge in [-0.3, -0.25) is 0 Å². The van der Waals surface area contributed by atoms with Crippen LogP contribution in [0, 0.1) is 0 Å². The molecular formula is C23H27N5O. The van der Waals surface area contributed by atoms with Crippen LogP contribution in [0.15, 0.2) is 42.7 Å². The number of rotatable bonds is 7. The van der Waals surface area contributed by atoms with Crippen molar-refractivity contribution in [1.82, 2.24) is 19.5 Å². The van der Waals surface area contributed by atoms with Crippen molar-refractivity contribution < 1.29 is 4.74 Å². The Morgan fingerprint density at radius 3 is 2.55 bits per heavy atom. The third-order valence-electron chi connectivity index (χ3n) is 5.14. The van der Waals surface area contributed by atoms with Gasteiger partial charge < -0.3 is 14.6 Å². The molecule has 4 rings (SSSR count). The number of hydrogen-bond acceptors (Lipinski definition) is 5. The molecule has 150 valence electrons. The van der Waals surface area contributed by atoms with Crippen molar-refractivity contribution in [3.05, 3.63) is 48.5 Å². The summed E-state index contributed by atoms with van der Waals surface area (Å²) in [5, 5.41) is 4.36. The molecule has 29 heavy (non-hydrogen) atoms. The SMILES string of the molecule is CCCCc1nc2cc3c(Nc4ccc(OC)cc4)ncnc3cc2n1C(C)C. The second kappa shape index (κ2) is 8.07. The lowest BCUT2D eigenvalue weighted by Gasteiger charge is -2.13. The number of anilines is 2. The van der Waals surface area contributed by atoms with Gasteiger partial charge >= 0.3 is 0 Å². The van der Waals surface area contributed by atoms with Crippen LogP contribution in [0.4, 0.5) is 11.5 Å². The van der Waals surface area contributed by atoms with Crippen molar-refractivity contribution >= 4 is 33.4 Å². The summed E-state index contributed by atoms with van der Waals surface area (Å²) in [6, 6.07) is 12.4. The van der Waals surface area contributed by atoms with Gasteiger partial charge in [-0.05, 0) is 56.7 Å². The van der Waals surface area contributed by atoms with Crippen molar-refractivity contribution in [2.24, 2.45) is 0 Å². The molecule has 0 bridgehead atoms. The summed E-state index contributed by atoms with van der Waals surface area (Å²) in [5.74, 6) is 2.74. The van der Waals surface area contributed by atoms with Crippen molar-refractivity contribution in [3.63, 3.8) is 0 Å². The maximum atomic E-state index is 5.23. The summed E-state index contributed by atoms with van der Waals surface area (Å²) in [6.07, 6.45) is 4.89. The van der Waals surface area contributed by atoms with E-state index >= 15 is 0 Å². The highest BCUT2D eigenvalue weighted by molar-refractivity contribution is 5.99. The monoisotopic (exact) mass is 389 g/mol. The Morgan fingerprint density at radius 1 is 1.07 bits per heavy atom. The van der Waals surface area contributed by atoms with Gasteiger partial charge in [-0.25, -0.2) is 15.0 Å². The molecule has 0 fully saturated rings. The van der Waals surface area contributed by atoms with E-state index in [2.05, 4.69) is 52.8 Å². The Labute approximate surface area is 171 Å². The molecule has 0 amide bonds. The second-order valence-corrected chi connectivity index (χ2v) is 7.53. The second-order valence-electron chi connectivity index (χ2n) is 7.53. The molecule has 2 heterocycles. The summed E-state index contributed by atoms with van der Waals surface area (Å²) in [6.45, 7) is 6.62. The average molecular weight is 390 g/mol. The zero-order valence-electron chi connectivity index (χ0n) is 17.4. The lowest BCUT2D eigenvalue weighted by atomic mass is 10.2. The predicted octanol–water partition coefficient (Wildman–Crippen LogP) is 5.66. The zero-order chi connectivity index (χ0) is 20.4. The normalized spacial score (nSPS) is 11.5. The number of nitrogens with one attached hydrogen (secondary N) is 1. The Kier molecular flexibility index (Phi) is 5.34. The van der Waals surface area contributed by atoms with Crippen LogP contribution in [0.1, 0.15) is 45.5 Å². The third kappa shape index (κ3) is 3.75. The fourth-order valence-electron chi connectivity index (χ4n) is 3.69. The molecule has 2 aromatic heterocycles. The summed E-state index contributed by atoms with van der Waals surface area (Å²) >= 11 is 0. The van der Waals surface area contributed by atoms with Crippen LogP contribution in [-0.4, -0.2) is 26.6 Å². The van der Waals surface area contributed by atoms with Crippen LogP contribution in [0.5, 0.6) is 5.75 Å². The molecule has 0 radical (unpaired) electrons. The van der Waals surface area contributed by atoms with Gasteiger partial charge in [0.15, 0.2) is 0 Å². The first-order valence-corrected chi connectivity index (χ1v) is 10.2. The van der Waals surface area contributed by atoms with Crippen LogP contribution < -0.4 is 10.1 Å².